The number of hydrogen-bond acceptors (Lipinski definition) is 1. The van der Waals surface area contributed by atoms with Crippen molar-refractivity contribution < 1.29 is 4.74 Å². The summed E-state index contributed by atoms with van der Waals surface area (Å²) in [4.78, 5) is 0. The summed E-state index contributed by atoms with van der Waals surface area (Å²) in [6, 6.07) is 10.4. The zero-order chi connectivity index (χ0) is 7.52. The van der Waals surface area contributed by atoms with Crippen molar-refractivity contribution in [1.29, 1.82) is 0 Å². The summed E-state index contributed by atoms with van der Waals surface area (Å²) >= 11 is 0. The molecule has 11 heavy (non-hydrogen) atoms. The van der Waals surface area contributed by atoms with E-state index < -0.39 is 0 Å². The first-order chi connectivity index (χ1) is 5.47. The van der Waals surface area contributed by atoms with E-state index in [4.69, 9.17) is 4.74 Å². The van der Waals surface area contributed by atoms with E-state index in [1.165, 1.54) is 18.4 Å². The highest BCUT2D eigenvalue weighted by molar-refractivity contribution is 5.17. The van der Waals surface area contributed by atoms with Gasteiger partial charge in [0, 0.05) is 6.61 Å². The molecule has 1 heteroatoms. The van der Waals surface area contributed by atoms with Crippen molar-refractivity contribution in [3.05, 3.63) is 35.9 Å². The molecular formula is C10H12O. The summed E-state index contributed by atoms with van der Waals surface area (Å²) in [5.74, 6) is 0. The molecule has 0 N–H and O–H groups in total. The Bertz CT molecular complexity index is 212. The molecule has 0 aliphatic carbocycles. The molecule has 2 rings (SSSR count). The first kappa shape index (κ1) is 6.86. The third kappa shape index (κ3) is 1.43. The predicted octanol–water partition coefficient (Wildman–Crippen LogP) is 2.54. The van der Waals surface area contributed by atoms with Gasteiger partial charge in [0.25, 0.3) is 0 Å². The third-order valence-corrected chi connectivity index (χ3v) is 2.10. The van der Waals surface area contributed by atoms with E-state index in [-0.39, 0.29) is 0 Å². The van der Waals surface area contributed by atoms with Crippen LogP contribution in [0.5, 0.6) is 0 Å². The lowest BCUT2D eigenvalue weighted by Crippen LogP contribution is -1.93. The zero-order valence-electron chi connectivity index (χ0n) is 6.49. The van der Waals surface area contributed by atoms with Crippen molar-refractivity contribution in [3.63, 3.8) is 0 Å². The Balaban J connectivity index is 2.16. The summed E-state index contributed by atoms with van der Waals surface area (Å²) in [7, 11) is 0. The fourth-order valence-corrected chi connectivity index (χ4v) is 1.51. The van der Waals surface area contributed by atoms with Gasteiger partial charge < -0.3 is 4.74 Å². The zero-order valence-corrected chi connectivity index (χ0v) is 6.49. The van der Waals surface area contributed by atoms with E-state index in [2.05, 4.69) is 24.3 Å². The molecule has 1 aliphatic rings. The van der Waals surface area contributed by atoms with Gasteiger partial charge in [-0.2, -0.15) is 0 Å². The maximum atomic E-state index is 5.54. The standard InChI is InChI=1S/C10H12O/c1-2-5-9(6-3-1)10-7-4-8-11-10/h1-3,5-6,10H,4,7-8H2/t10-/m1/s1. The maximum absolute atomic E-state index is 5.54. The molecule has 1 aromatic rings. The summed E-state index contributed by atoms with van der Waals surface area (Å²) in [5, 5.41) is 0. The second kappa shape index (κ2) is 3.05. The number of rotatable bonds is 1. The van der Waals surface area contributed by atoms with Crippen LogP contribution in [0.25, 0.3) is 0 Å². The maximum Gasteiger partial charge on any atom is 0.0825 e. The van der Waals surface area contributed by atoms with Gasteiger partial charge in [-0.3, -0.25) is 0 Å². The molecule has 1 nitrogen and oxygen atoms in total. The van der Waals surface area contributed by atoms with Crippen LogP contribution < -0.4 is 0 Å². The number of benzene rings is 1. The van der Waals surface area contributed by atoms with E-state index in [1.807, 2.05) is 6.07 Å². The van der Waals surface area contributed by atoms with Gasteiger partial charge in [-0.05, 0) is 18.4 Å². The first-order valence-electron chi connectivity index (χ1n) is 4.13. The molecule has 58 valence electrons. The Kier molecular flexibility index (Phi) is 1.91. The molecule has 1 aromatic carbocycles. The van der Waals surface area contributed by atoms with Gasteiger partial charge in [-0.15, -0.1) is 0 Å². The van der Waals surface area contributed by atoms with Crippen molar-refractivity contribution in [1.82, 2.24) is 0 Å². The largest absolute Gasteiger partial charge is 0.374 e. The average Bonchev–Trinajstić information content (AvgIpc) is 2.58. The lowest BCUT2D eigenvalue weighted by atomic mass is 10.1. The quantitative estimate of drug-likeness (QED) is 0.594. The molecular weight excluding hydrogens is 136 g/mol. The average molecular weight is 148 g/mol. The Morgan fingerprint density at radius 2 is 2.00 bits per heavy atom. The summed E-state index contributed by atoms with van der Waals surface area (Å²) in [5.41, 5.74) is 1.32. The fourth-order valence-electron chi connectivity index (χ4n) is 1.51. The number of ether oxygens (including phenoxy) is 1. The van der Waals surface area contributed by atoms with Crippen LogP contribution in [-0.2, 0) is 4.74 Å². The van der Waals surface area contributed by atoms with Crippen LogP contribution in [0, 0.1) is 0 Å². The van der Waals surface area contributed by atoms with Gasteiger partial charge >= 0.3 is 0 Å². The van der Waals surface area contributed by atoms with Crippen LogP contribution in [0.1, 0.15) is 24.5 Å². The molecule has 1 heterocycles. The van der Waals surface area contributed by atoms with Gasteiger partial charge in [0.15, 0.2) is 0 Å². The van der Waals surface area contributed by atoms with Crippen molar-refractivity contribution in [3.8, 4) is 0 Å². The molecule has 1 atom stereocenters. The normalized spacial score (nSPS) is 23.8. The van der Waals surface area contributed by atoms with Crippen LogP contribution >= 0.6 is 0 Å². The minimum absolute atomic E-state index is 0.371. The van der Waals surface area contributed by atoms with E-state index in [1.54, 1.807) is 0 Å². The Hall–Kier alpha value is -0.820. The van der Waals surface area contributed by atoms with Crippen molar-refractivity contribution in [2.24, 2.45) is 0 Å². The fraction of sp³-hybridized carbons (Fsp3) is 0.400. The van der Waals surface area contributed by atoms with E-state index >= 15 is 0 Å². The van der Waals surface area contributed by atoms with Gasteiger partial charge in [0.1, 0.15) is 0 Å². The van der Waals surface area contributed by atoms with Gasteiger partial charge in [0.2, 0.25) is 0 Å². The highest BCUT2D eigenvalue weighted by Crippen LogP contribution is 2.27. The third-order valence-electron chi connectivity index (χ3n) is 2.10. The van der Waals surface area contributed by atoms with Gasteiger partial charge in [-0.1, -0.05) is 30.3 Å². The lowest BCUT2D eigenvalue weighted by molar-refractivity contribution is 0.112. The molecule has 0 amide bonds. The van der Waals surface area contributed by atoms with Crippen LogP contribution in [0.15, 0.2) is 30.3 Å². The second-order valence-electron chi connectivity index (χ2n) is 2.91. The predicted molar refractivity (Wildman–Crippen MR) is 44.4 cm³/mol. The van der Waals surface area contributed by atoms with E-state index in [0.717, 1.165) is 6.61 Å². The Morgan fingerprint density at radius 1 is 1.18 bits per heavy atom. The molecule has 0 saturated carbocycles. The monoisotopic (exact) mass is 148 g/mol. The summed E-state index contributed by atoms with van der Waals surface area (Å²) in [6.45, 7) is 0.930. The smallest absolute Gasteiger partial charge is 0.0825 e. The second-order valence-corrected chi connectivity index (χ2v) is 2.91. The molecule has 0 unspecified atom stereocenters. The minimum atomic E-state index is 0.371. The van der Waals surface area contributed by atoms with Crippen LogP contribution in [0.3, 0.4) is 0 Å². The van der Waals surface area contributed by atoms with Crippen LogP contribution in [-0.4, -0.2) is 6.61 Å². The molecule has 0 aromatic heterocycles. The van der Waals surface area contributed by atoms with Crippen LogP contribution in [0.2, 0.25) is 0 Å². The Morgan fingerprint density at radius 3 is 2.64 bits per heavy atom. The molecule has 1 aliphatic heterocycles. The van der Waals surface area contributed by atoms with Crippen molar-refractivity contribution >= 4 is 0 Å². The van der Waals surface area contributed by atoms with Crippen molar-refractivity contribution in [2.45, 2.75) is 18.9 Å². The molecule has 0 bridgehead atoms. The molecule has 1 saturated heterocycles. The Labute approximate surface area is 67.0 Å². The highest BCUT2D eigenvalue weighted by atomic mass is 16.5. The van der Waals surface area contributed by atoms with Gasteiger partial charge in [0.05, 0.1) is 6.10 Å². The van der Waals surface area contributed by atoms with E-state index in [0.29, 0.717) is 6.10 Å². The van der Waals surface area contributed by atoms with Crippen LogP contribution in [0.4, 0.5) is 0 Å². The molecule has 0 radical (unpaired) electrons. The topological polar surface area (TPSA) is 9.23 Å². The minimum Gasteiger partial charge on any atom is -0.374 e. The first-order valence-corrected chi connectivity index (χ1v) is 4.13. The summed E-state index contributed by atoms with van der Waals surface area (Å²) in [6.07, 6.45) is 2.76. The van der Waals surface area contributed by atoms with Gasteiger partial charge in [-0.25, -0.2) is 0 Å². The SMILES string of the molecule is c1ccc([C@H]2CCCO2)cc1. The number of hydrogen-bond donors (Lipinski definition) is 0. The van der Waals surface area contributed by atoms with E-state index in [9.17, 15) is 0 Å². The molecule has 0 spiro atoms. The lowest BCUT2D eigenvalue weighted by Gasteiger charge is -2.07. The van der Waals surface area contributed by atoms with Crippen molar-refractivity contribution in [2.75, 3.05) is 6.61 Å². The molecule has 1 fully saturated rings. The highest BCUT2D eigenvalue weighted by Gasteiger charge is 2.16. The summed E-state index contributed by atoms with van der Waals surface area (Å²) < 4.78 is 5.54.